The Kier molecular flexibility index (Phi) is 6.49. The summed E-state index contributed by atoms with van der Waals surface area (Å²) in [6.07, 6.45) is 0. The van der Waals surface area contributed by atoms with Gasteiger partial charge in [-0.15, -0.1) is 0 Å². The first kappa shape index (κ1) is 17.6. The van der Waals surface area contributed by atoms with Gasteiger partial charge in [-0.3, -0.25) is 9.59 Å². The molecule has 0 aromatic heterocycles. The molecule has 0 aliphatic heterocycles. The molecule has 1 atom stereocenters. The zero-order valence-corrected chi connectivity index (χ0v) is 12.5. The van der Waals surface area contributed by atoms with Gasteiger partial charge in [-0.25, -0.2) is 9.18 Å². The third-order valence-electron chi connectivity index (χ3n) is 3.20. The van der Waals surface area contributed by atoms with Gasteiger partial charge in [-0.05, 0) is 38.1 Å². The summed E-state index contributed by atoms with van der Waals surface area (Å²) in [4.78, 5) is 36.2. The maximum Gasteiger partial charge on any atom is 0.328 e. The number of rotatable bonds is 7. The van der Waals surface area contributed by atoms with E-state index in [9.17, 15) is 18.8 Å². The van der Waals surface area contributed by atoms with E-state index in [0.29, 0.717) is 18.7 Å². The monoisotopic (exact) mass is 310 g/mol. The van der Waals surface area contributed by atoms with Crippen LogP contribution in [-0.2, 0) is 4.79 Å². The normalized spacial score (nSPS) is 11.6. The Morgan fingerprint density at radius 1 is 1.14 bits per heavy atom. The van der Waals surface area contributed by atoms with Crippen LogP contribution in [0.1, 0.15) is 34.6 Å². The van der Waals surface area contributed by atoms with Crippen molar-refractivity contribution in [2.45, 2.75) is 19.9 Å². The molecule has 6 nitrogen and oxygen atoms in total. The van der Waals surface area contributed by atoms with Gasteiger partial charge in [0.05, 0.1) is 0 Å². The lowest BCUT2D eigenvalue weighted by molar-refractivity contribution is -0.139. The fourth-order valence-electron chi connectivity index (χ4n) is 1.87. The Labute approximate surface area is 127 Å². The Morgan fingerprint density at radius 2 is 1.64 bits per heavy atom. The molecule has 1 unspecified atom stereocenters. The summed E-state index contributed by atoms with van der Waals surface area (Å²) in [6.45, 7) is 3.70. The number of benzene rings is 1. The summed E-state index contributed by atoms with van der Waals surface area (Å²) in [5.74, 6) is -2.29. The predicted octanol–water partition coefficient (Wildman–Crippen LogP) is 1.32. The van der Waals surface area contributed by atoms with Gasteiger partial charge in [0.15, 0.2) is 6.04 Å². The summed E-state index contributed by atoms with van der Waals surface area (Å²) in [5.41, 5.74) is 0.594. The van der Waals surface area contributed by atoms with E-state index in [1.54, 1.807) is 4.90 Å². The van der Waals surface area contributed by atoms with Crippen LogP contribution in [0.15, 0.2) is 24.3 Å². The summed E-state index contributed by atoms with van der Waals surface area (Å²) in [5, 5.41) is 10.8. The van der Waals surface area contributed by atoms with Crippen molar-refractivity contribution in [3.8, 4) is 0 Å². The largest absolute Gasteiger partial charge is 0.480 e. The first-order chi connectivity index (χ1) is 10.4. The summed E-state index contributed by atoms with van der Waals surface area (Å²) < 4.78 is 12.5. The van der Waals surface area contributed by atoms with Crippen molar-refractivity contribution in [1.29, 1.82) is 0 Å². The third-order valence-corrected chi connectivity index (χ3v) is 3.20. The minimum atomic E-state index is -1.58. The van der Waals surface area contributed by atoms with Crippen molar-refractivity contribution >= 4 is 17.8 Å². The minimum absolute atomic E-state index is 0.149. The standard InChI is InChI=1S/C15H19FN2O4/c1-3-18(4-2)14(20)11-7-5-10(6-8-11)13(19)17-12(9-16)15(21)22/h5-8,12H,3-4,9H2,1-2H3,(H,17,19)(H,21,22). The fourth-order valence-corrected chi connectivity index (χ4v) is 1.87. The molecule has 0 spiro atoms. The number of hydrogen-bond acceptors (Lipinski definition) is 3. The Morgan fingerprint density at radius 3 is 2.05 bits per heavy atom. The van der Waals surface area contributed by atoms with E-state index in [4.69, 9.17) is 5.11 Å². The smallest absolute Gasteiger partial charge is 0.328 e. The number of halogens is 1. The molecule has 0 aliphatic carbocycles. The molecule has 1 aromatic carbocycles. The number of carboxylic acids is 1. The van der Waals surface area contributed by atoms with Crippen molar-refractivity contribution in [2.75, 3.05) is 19.8 Å². The van der Waals surface area contributed by atoms with Gasteiger partial charge in [-0.1, -0.05) is 0 Å². The van der Waals surface area contributed by atoms with Gasteiger partial charge in [0, 0.05) is 24.2 Å². The lowest BCUT2D eigenvalue weighted by atomic mass is 10.1. The van der Waals surface area contributed by atoms with Crippen LogP contribution in [0.3, 0.4) is 0 Å². The molecule has 2 amide bonds. The van der Waals surface area contributed by atoms with Crippen LogP contribution in [0.2, 0.25) is 0 Å². The zero-order chi connectivity index (χ0) is 16.7. The first-order valence-corrected chi connectivity index (χ1v) is 6.93. The van der Waals surface area contributed by atoms with Gasteiger partial charge >= 0.3 is 5.97 Å². The van der Waals surface area contributed by atoms with Crippen LogP contribution < -0.4 is 5.32 Å². The number of aliphatic carboxylic acids is 1. The second-order valence-corrected chi connectivity index (χ2v) is 4.57. The van der Waals surface area contributed by atoms with Gasteiger partial charge in [0.2, 0.25) is 0 Å². The average Bonchev–Trinajstić information content (AvgIpc) is 2.53. The highest BCUT2D eigenvalue weighted by Gasteiger charge is 2.20. The van der Waals surface area contributed by atoms with Crippen molar-refractivity contribution in [1.82, 2.24) is 10.2 Å². The van der Waals surface area contributed by atoms with Gasteiger partial charge in [0.25, 0.3) is 11.8 Å². The number of hydrogen-bond donors (Lipinski definition) is 2. The van der Waals surface area contributed by atoms with Crippen LogP contribution >= 0.6 is 0 Å². The van der Waals surface area contributed by atoms with Crippen LogP contribution in [0.25, 0.3) is 0 Å². The summed E-state index contributed by atoms with van der Waals surface area (Å²) in [7, 11) is 0. The van der Waals surface area contributed by atoms with Gasteiger partial charge < -0.3 is 15.3 Å². The number of alkyl halides is 1. The lowest BCUT2D eigenvalue weighted by Crippen LogP contribution is -2.42. The molecule has 120 valence electrons. The first-order valence-electron chi connectivity index (χ1n) is 6.93. The molecule has 0 heterocycles. The lowest BCUT2D eigenvalue weighted by Gasteiger charge is -2.18. The fraction of sp³-hybridized carbons (Fsp3) is 0.400. The number of carbonyl (C=O) groups is 3. The average molecular weight is 310 g/mol. The Hall–Kier alpha value is -2.44. The van der Waals surface area contributed by atoms with Crippen LogP contribution in [0, 0.1) is 0 Å². The molecular formula is C15H19FN2O4. The minimum Gasteiger partial charge on any atom is -0.480 e. The quantitative estimate of drug-likeness (QED) is 0.795. The molecular weight excluding hydrogens is 291 g/mol. The topological polar surface area (TPSA) is 86.7 Å². The zero-order valence-electron chi connectivity index (χ0n) is 12.5. The SMILES string of the molecule is CCN(CC)C(=O)c1ccc(C(=O)NC(CF)C(=O)O)cc1. The number of amides is 2. The van der Waals surface area contributed by atoms with Crippen LogP contribution in [-0.4, -0.2) is 53.6 Å². The van der Waals surface area contributed by atoms with Gasteiger partial charge in [0.1, 0.15) is 6.67 Å². The number of carboxylic acid groups (broad SMARTS) is 1. The third kappa shape index (κ3) is 4.28. The summed E-state index contributed by atoms with van der Waals surface area (Å²) in [6, 6.07) is 4.21. The van der Waals surface area contributed by atoms with Gasteiger partial charge in [-0.2, -0.15) is 0 Å². The molecule has 22 heavy (non-hydrogen) atoms. The highest BCUT2D eigenvalue weighted by molar-refractivity contribution is 5.99. The maximum atomic E-state index is 12.5. The second kappa shape index (κ2) is 8.11. The maximum absolute atomic E-state index is 12.5. The van der Waals surface area contributed by atoms with Crippen molar-refractivity contribution < 1.29 is 23.9 Å². The summed E-state index contributed by atoms with van der Waals surface area (Å²) >= 11 is 0. The second-order valence-electron chi connectivity index (χ2n) is 4.57. The molecule has 0 radical (unpaired) electrons. The molecule has 0 aliphatic rings. The van der Waals surface area contributed by atoms with Crippen molar-refractivity contribution in [2.24, 2.45) is 0 Å². The Bertz CT molecular complexity index is 541. The highest BCUT2D eigenvalue weighted by atomic mass is 19.1. The van der Waals surface area contributed by atoms with Crippen LogP contribution in [0.5, 0.6) is 0 Å². The molecule has 2 N–H and O–H groups in total. The van der Waals surface area contributed by atoms with E-state index in [2.05, 4.69) is 5.32 Å². The number of nitrogens with zero attached hydrogens (tertiary/aromatic N) is 1. The predicted molar refractivity (Wildman–Crippen MR) is 78.6 cm³/mol. The molecule has 0 fully saturated rings. The van der Waals surface area contributed by atoms with Crippen LogP contribution in [0.4, 0.5) is 4.39 Å². The van der Waals surface area contributed by atoms with Crippen molar-refractivity contribution in [3.05, 3.63) is 35.4 Å². The van der Waals surface area contributed by atoms with E-state index in [-0.39, 0.29) is 11.5 Å². The van der Waals surface area contributed by atoms with E-state index in [0.717, 1.165) is 0 Å². The number of nitrogens with one attached hydrogen (secondary N) is 1. The van der Waals surface area contributed by atoms with E-state index in [1.807, 2.05) is 13.8 Å². The molecule has 1 rings (SSSR count). The number of carbonyl (C=O) groups excluding carboxylic acids is 2. The molecule has 7 heteroatoms. The van der Waals surface area contributed by atoms with E-state index >= 15 is 0 Å². The molecule has 0 saturated heterocycles. The Balaban J connectivity index is 2.82. The van der Waals surface area contributed by atoms with E-state index < -0.39 is 24.6 Å². The molecule has 1 aromatic rings. The molecule has 0 bridgehead atoms. The molecule has 0 saturated carbocycles. The van der Waals surface area contributed by atoms with E-state index in [1.165, 1.54) is 24.3 Å². The highest BCUT2D eigenvalue weighted by Crippen LogP contribution is 2.08. The van der Waals surface area contributed by atoms with Crippen molar-refractivity contribution in [3.63, 3.8) is 0 Å².